The summed E-state index contributed by atoms with van der Waals surface area (Å²) in [6, 6.07) is 9.51. The number of carboxylic acid groups (broad SMARTS) is 1. The number of carboxylic acids is 1. The van der Waals surface area contributed by atoms with Crippen LogP contribution in [0, 0.1) is 6.92 Å². The van der Waals surface area contributed by atoms with Gasteiger partial charge < -0.3 is 10.4 Å². The van der Waals surface area contributed by atoms with Crippen LogP contribution in [0.1, 0.15) is 26.4 Å². The Balaban J connectivity index is 2.15. The molecule has 5 nitrogen and oxygen atoms in total. The highest BCUT2D eigenvalue weighted by molar-refractivity contribution is 6.04. The van der Waals surface area contributed by atoms with Crippen molar-refractivity contribution in [2.75, 3.05) is 5.32 Å². The van der Waals surface area contributed by atoms with E-state index in [2.05, 4.69) is 10.3 Å². The second-order valence-electron chi connectivity index (χ2n) is 4.01. The summed E-state index contributed by atoms with van der Waals surface area (Å²) in [4.78, 5) is 26.7. The van der Waals surface area contributed by atoms with E-state index in [1.54, 1.807) is 37.4 Å². The molecule has 2 rings (SSSR count). The third-order valence-corrected chi connectivity index (χ3v) is 2.61. The largest absolute Gasteiger partial charge is 0.478 e. The molecule has 0 saturated heterocycles. The summed E-state index contributed by atoms with van der Waals surface area (Å²) in [5.74, 6) is -1.32. The normalized spacial score (nSPS) is 9.95. The molecule has 1 amide bonds. The third kappa shape index (κ3) is 2.95. The van der Waals surface area contributed by atoms with E-state index < -0.39 is 5.97 Å². The highest BCUT2D eigenvalue weighted by atomic mass is 16.4. The first kappa shape index (κ1) is 12.8. The third-order valence-electron chi connectivity index (χ3n) is 2.61. The second kappa shape index (κ2) is 5.30. The minimum absolute atomic E-state index is 0.173. The quantitative estimate of drug-likeness (QED) is 0.883. The van der Waals surface area contributed by atoms with Gasteiger partial charge in [0.05, 0.1) is 5.56 Å². The highest BCUT2D eigenvalue weighted by Gasteiger charge is 2.10. The number of rotatable bonds is 3. The molecule has 0 aliphatic heterocycles. The monoisotopic (exact) mass is 256 g/mol. The van der Waals surface area contributed by atoms with Gasteiger partial charge in [-0.05, 0) is 42.8 Å². The fourth-order valence-corrected chi connectivity index (χ4v) is 1.61. The molecule has 0 atom stereocenters. The molecular weight excluding hydrogens is 244 g/mol. The number of amides is 1. The lowest BCUT2D eigenvalue weighted by molar-refractivity contribution is 0.0696. The number of carbonyl (C=O) groups excluding carboxylic acids is 1. The minimum Gasteiger partial charge on any atom is -0.478 e. The van der Waals surface area contributed by atoms with Gasteiger partial charge in [0.25, 0.3) is 5.91 Å². The van der Waals surface area contributed by atoms with Crippen LogP contribution in [0.2, 0.25) is 0 Å². The standard InChI is InChI=1S/C14H12N2O3/c1-9-3-2-8-15-12(9)13(17)16-11-6-4-10(5-7-11)14(18)19/h2-8H,1H3,(H,16,17)(H,18,19). The van der Waals surface area contributed by atoms with Gasteiger partial charge in [-0.15, -0.1) is 0 Å². The Morgan fingerprint density at radius 3 is 2.42 bits per heavy atom. The van der Waals surface area contributed by atoms with Crippen molar-refractivity contribution < 1.29 is 14.7 Å². The van der Waals surface area contributed by atoms with E-state index in [0.717, 1.165) is 5.56 Å². The first-order valence-electron chi connectivity index (χ1n) is 5.64. The van der Waals surface area contributed by atoms with E-state index >= 15 is 0 Å². The van der Waals surface area contributed by atoms with Crippen LogP contribution >= 0.6 is 0 Å². The number of hydrogen-bond acceptors (Lipinski definition) is 3. The molecule has 1 aromatic carbocycles. The zero-order valence-corrected chi connectivity index (χ0v) is 10.3. The van der Waals surface area contributed by atoms with Crippen LogP contribution in [-0.2, 0) is 0 Å². The van der Waals surface area contributed by atoms with Crippen LogP contribution < -0.4 is 5.32 Å². The van der Waals surface area contributed by atoms with Crippen molar-refractivity contribution in [1.82, 2.24) is 4.98 Å². The Morgan fingerprint density at radius 1 is 1.16 bits per heavy atom. The Hall–Kier alpha value is -2.69. The molecule has 0 aliphatic rings. The van der Waals surface area contributed by atoms with Crippen molar-refractivity contribution in [2.24, 2.45) is 0 Å². The SMILES string of the molecule is Cc1cccnc1C(=O)Nc1ccc(C(=O)O)cc1. The predicted molar refractivity (Wildman–Crippen MR) is 70.3 cm³/mol. The average Bonchev–Trinajstić information content (AvgIpc) is 2.39. The molecular formula is C14H12N2O3. The van der Waals surface area contributed by atoms with Crippen LogP contribution in [0.3, 0.4) is 0 Å². The minimum atomic E-state index is -1.00. The van der Waals surface area contributed by atoms with E-state index in [1.165, 1.54) is 12.1 Å². The summed E-state index contributed by atoms with van der Waals surface area (Å²) in [6.07, 6.45) is 1.55. The van der Waals surface area contributed by atoms with Crippen LogP contribution in [0.4, 0.5) is 5.69 Å². The summed E-state index contributed by atoms with van der Waals surface area (Å²) in [5, 5.41) is 11.4. The summed E-state index contributed by atoms with van der Waals surface area (Å²) in [5.41, 5.74) is 1.83. The van der Waals surface area contributed by atoms with Crippen LogP contribution in [0.5, 0.6) is 0 Å². The molecule has 5 heteroatoms. The Labute approximate surface area is 109 Å². The number of anilines is 1. The van der Waals surface area contributed by atoms with Crippen molar-refractivity contribution in [2.45, 2.75) is 6.92 Å². The topological polar surface area (TPSA) is 79.3 Å². The molecule has 1 heterocycles. The maximum atomic E-state index is 12.0. The maximum Gasteiger partial charge on any atom is 0.335 e. The van der Waals surface area contributed by atoms with E-state index in [1.807, 2.05) is 0 Å². The lowest BCUT2D eigenvalue weighted by Gasteiger charge is -2.06. The molecule has 2 N–H and O–H groups in total. The zero-order chi connectivity index (χ0) is 13.8. The molecule has 1 aromatic heterocycles. The Kier molecular flexibility index (Phi) is 3.56. The first-order valence-corrected chi connectivity index (χ1v) is 5.64. The number of hydrogen-bond donors (Lipinski definition) is 2. The number of benzene rings is 1. The summed E-state index contributed by atoms with van der Waals surface area (Å²) >= 11 is 0. The van der Waals surface area contributed by atoms with E-state index in [4.69, 9.17) is 5.11 Å². The molecule has 0 fully saturated rings. The maximum absolute atomic E-state index is 12.0. The van der Waals surface area contributed by atoms with Crippen LogP contribution in [0.15, 0.2) is 42.6 Å². The van der Waals surface area contributed by atoms with Crippen molar-refractivity contribution in [1.29, 1.82) is 0 Å². The van der Waals surface area contributed by atoms with E-state index in [9.17, 15) is 9.59 Å². The predicted octanol–water partition coefficient (Wildman–Crippen LogP) is 2.34. The first-order chi connectivity index (χ1) is 9.08. The molecule has 0 aliphatic carbocycles. The fourth-order valence-electron chi connectivity index (χ4n) is 1.61. The molecule has 2 aromatic rings. The molecule has 0 saturated carbocycles. The van der Waals surface area contributed by atoms with Crippen LogP contribution in [0.25, 0.3) is 0 Å². The van der Waals surface area contributed by atoms with Crippen molar-refractivity contribution in [3.8, 4) is 0 Å². The fraction of sp³-hybridized carbons (Fsp3) is 0.0714. The van der Waals surface area contributed by atoms with Gasteiger partial charge in [-0.25, -0.2) is 4.79 Å². The number of aromatic carboxylic acids is 1. The highest BCUT2D eigenvalue weighted by Crippen LogP contribution is 2.12. The summed E-state index contributed by atoms with van der Waals surface area (Å²) in [7, 11) is 0. The number of aromatic nitrogens is 1. The van der Waals surface area contributed by atoms with Crippen molar-refractivity contribution >= 4 is 17.6 Å². The van der Waals surface area contributed by atoms with E-state index in [-0.39, 0.29) is 11.5 Å². The lowest BCUT2D eigenvalue weighted by Crippen LogP contribution is -2.15. The van der Waals surface area contributed by atoms with Crippen LogP contribution in [-0.4, -0.2) is 22.0 Å². The summed E-state index contributed by atoms with van der Waals surface area (Å²) in [6.45, 7) is 1.80. The number of nitrogens with zero attached hydrogens (tertiary/aromatic N) is 1. The number of carbonyl (C=O) groups is 2. The molecule has 0 bridgehead atoms. The molecule has 0 radical (unpaired) electrons. The van der Waals surface area contributed by atoms with Crippen molar-refractivity contribution in [3.05, 3.63) is 59.4 Å². The molecule has 96 valence electrons. The Morgan fingerprint density at radius 2 is 1.84 bits per heavy atom. The molecule has 19 heavy (non-hydrogen) atoms. The average molecular weight is 256 g/mol. The smallest absolute Gasteiger partial charge is 0.335 e. The van der Waals surface area contributed by atoms with Crippen molar-refractivity contribution in [3.63, 3.8) is 0 Å². The van der Waals surface area contributed by atoms with Gasteiger partial charge in [0.2, 0.25) is 0 Å². The zero-order valence-electron chi connectivity index (χ0n) is 10.3. The van der Waals surface area contributed by atoms with Gasteiger partial charge in [-0.3, -0.25) is 9.78 Å². The van der Waals surface area contributed by atoms with Gasteiger partial charge >= 0.3 is 5.97 Å². The summed E-state index contributed by atoms with van der Waals surface area (Å²) < 4.78 is 0. The lowest BCUT2D eigenvalue weighted by atomic mass is 10.2. The number of pyridine rings is 1. The second-order valence-corrected chi connectivity index (χ2v) is 4.01. The Bertz CT molecular complexity index is 621. The van der Waals surface area contributed by atoms with Gasteiger partial charge in [0.15, 0.2) is 0 Å². The van der Waals surface area contributed by atoms with Gasteiger partial charge in [0.1, 0.15) is 5.69 Å². The van der Waals surface area contributed by atoms with Gasteiger partial charge in [-0.2, -0.15) is 0 Å². The number of nitrogens with one attached hydrogen (secondary N) is 1. The van der Waals surface area contributed by atoms with Gasteiger partial charge in [-0.1, -0.05) is 6.07 Å². The van der Waals surface area contributed by atoms with Gasteiger partial charge in [0, 0.05) is 11.9 Å². The number of aryl methyl sites for hydroxylation is 1. The molecule has 0 spiro atoms. The molecule has 0 unspecified atom stereocenters. The van der Waals surface area contributed by atoms with E-state index in [0.29, 0.717) is 11.4 Å².